The lowest BCUT2D eigenvalue weighted by Crippen LogP contribution is -1.80. The zero-order chi connectivity index (χ0) is 11.4. The van der Waals surface area contributed by atoms with E-state index in [2.05, 4.69) is 15.2 Å². The first-order valence-corrected chi connectivity index (χ1v) is 4.94. The average molecular weight is 217 g/mol. The molecule has 0 bridgehead atoms. The number of hydrogen-bond acceptors (Lipinski definition) is 5. The third-order valence-electron chi connectivity index (χ3n) is 2.01. The summed E-state index contributed by atoms with van der Waals surface area (Å²) in [5.41, 5.74) is 0.610. The molecular weight excluding hydrogens is 206 g/mol. The molecule has 16 heavy (non-hydrogen) atoms. The van der Waals surface area contributed by atoms with Crippen molar-refractivity contribution in [2.45, 2.75) is 13.3 Å². The van der Waals surface area contributed by atoms with E-state index in [9.17, 15) is 5.11 Å². The van der Waals surface area contributed by atoms with Crippen LogP contribution in [0.3, 0.4) is 0 Å². The maximum Gasteiger partial charge on any atom is 0.342 e. The quantitative estimate of drug-likeness (QED) is 0.799. The van der Waals surface area contributed by atoms with Crippen molar-refractivity contribution in [3.05, 3.63) is 35.7 Å². The molecule has 0 unspecified atom stereocenters. The van der Waals surface area contributed by atoms with Crippen LogP contribution in [0.1, 0.15) is 18.4 Å². The first kappa shape index (κ1) is 10.4. The van der Waals surface area contributed by atoms with E-state index in [1.54, 1.807) is 18.2 Å². The van der Waals surface area contributed by atoms with E-state index in [0.29, 0.717) is 17.9 Å². The van der Waals surface area contributed by atoms with E-state index in [4.69, 9.17) is 4.42 Å². The van der Waals surface area contributed by atoms with Crippen molar-refractivity contribution >= 4 is 12.2 Å². The minimum absolute atomic E-state index is 0.168. The van der Waals surface area contributed by atoms with Gasteiger partial charge in [0.05, 0.1) is 0 Å². The molecule has 5 heteroatoms. The highest BCUT2D eigenvalue weighted by Crippen LogP contribution is 2.15. The number of para-hydroxylation sites is 1. The summed E-state index contributed by atoms with van der Waals surface area (Å²) in [6, 6.07) is 7.09. The molecule has 0 fully saturated rings. The lowest BCUT2D eigenvalue weighted by Gasteiger charge is -1.94. The number of aliphatic imine (C=N–C) groups is 1. The first-order valence-electron chi connectivity index (χ1n) is 4.94. The van der Waals surface area contributed by atoms with Crippen LogP contribution in [0, 0.1) is 0 Å². The summed E-state index contributed by atoms with van der Waals surface area (Å²) in [4.78, 5) is 3.98. The lowest BCUT2D eigenvalue weighted by atomic mass is 10.2. The Hall–Kier alpha value is -2.17. The van der Waals surface area contributed by atoms with Gasteiger partial charge in [-0.15, -0.1) is 5.10 Å². The van der Waals surface area contributed by atoms with Crippen molar-refractivity contribution in [3.63, 3.8) is 0 Å². The Kier molecular flexibility index (Phi) is 2.95. The molecular formula is C11H11N3O2. The van der Waals surface area contributed by atoms with Gasteiger partial charge in [-0.1, -0.05) is 24.2 Å². The minimum atomic E-state index is 0.168. The molecule has 0 saturated heterocycles. The molecule has 1 N–H and O–H groups in total. The molecule has 0 saturated carbocycles. The van der Waals surface area contributed by atoms with Crippen LogP contribution in [-0.2, 0) is 6.42 Å². The number of hydrogen-bond donors (Lipinski definition) is 1. The van der Waals surface area contributed by atoms with Crippen LogP contribution in [-0.4, -0.2) is 21.5 Å². The van der Waals surface area contributed by atoms with Gasteiger partial charge in [0.1, 0.15) is 5.75 Å². The number of rotatable bonds is 3. The molecule has 0 amide bonds. The molecule has 5 nitrogen and oxygen atoms in total. The summed E-state index contributed by atoms with van der Waals surface area (Å²) in [5, 5.41) is 17.0. The van der Waals surface area contributed by atoms with Gasteiger partial charge in [0, 0.05) is 18.2 Å². The second kappa shape index (κ2) is 4.57. The number of benzene rings is 1. The third-order valence-corrected chi connectivity index (χ3v) is 2.01. The first-order chi connectivity index (χ1) is 7.79. The fourth-order valence-electron chi connectivity index (χ4n) is 1.16. The average Bonchev–Trinajstić information content (AvgIpc) is 2.76. The predicted molar refractivity (Wildman–Crippen MR) is 59.0 cm³/mol. The zero-order valence-electron chi connectivity index (χ0n) is 8.79. The van der Waals surface area contributed by atoms with Crippen LogP contribution in [0.25, 0.3) is 0 Å². The molecule has 0 aliphatic heterocycles. The molecule has 82 valence electrons. The summed E-state index contributed by atoms with van der Waals surface area (Å²) in [7, 11) is 0. The molecule has 2 aromatic rings. The van der Waals surface area contributed by atoms with Crippen molar-refractivity contribution in [1.29, 1.82) is 0 Å². The van der Waals surface area contributed by atoms with Gasteiger partial charge in [-0.25, -0.2) is 4.99 Å². The lowest BCUT2D eigenvalue weighted by molar-refractivity contribution is 0.474. The van der Waals surface area contributed by atoms with Crippen LogP contribution in [0.15, 0.2) is 33.7 Å². The number of phenols is 1. The predicted octanol–water partition coefficient (Wildman–Crippen LogP) is 2.09. The van der Waals surface area contributed by atoms with Gasteiger partial charge >= 0.3 is 6.01 Å². The van der Waals surface area contributed by atoms with Crippen LogP contribution in [0.2, 0.25) is 0 Å². The Morgan fingerprint density at radius 3 is 2.88 bits per heavy atom. The van der Waals surface area contributed by atoms with Crippen molar-refractivity contribution in [1.82, 2.24) is 10.2 Å². The summed E-state index contributed by atoms with van der Waals surface area (Å²) in [6.07, 6.45) is 2.17. The number of nitrogens with zero attached hydrogens (tertiary/aromatic N) is 3. The largest absolute Gasteiger partial charge is 0.507 e. The Morgan fingerprint density at radius 1 is 1.38 bits per heavy atom. The molecule has 1 aromatic carbocycles. The van der Waals surface area contributed by atoms with Crippen molar-refractivity contribution < 1.29 is 9.52 Å². The molecule has 0 spiro atoms. The zero-order valence-corrected chi connectivity index (χ0v) is 8.79. The Morgan fingerprint density at radius 2 is 2.19 bits per heavy atom. The van der Waals surface area contributed by atoms with E-state index >= 15 is 0 Å². The topological polar surface area (TPSA) is 71.5 Å². The molecule has 0 aliphatic rings. The smallest absolute Gasteiger partial charge is 0.342 e. The van der Waals surface area contributed by atoms with Gasteiger partial charge < -0.3 is 9.52 Å². The Balaban J connectivity index is 2.18. The maximum absolute atomic E-state index is 9.48. The highest BCUT2D eigenvalue weighted by atomic mass is 16.4. The molecule has 1 heterocycles. The third kappa shape index (κ3) is 2.25. The van der Waals surface area contributed by atoms with Crippen molar-refractivity contribution in [2.24, 2.45) is 4.99 Å². The van der Waals surface area contributed by atoms with E-state index in [1.165, 1.54) is 6.21 Å². The monoisotopic (exact) mass is 217 g/mol. The van der Waals surface area contributed by atoms with Crippen molar-refractivity contribution in [3.8, 4) is 5.75 Å². The minimum Gasteiger partial charge on any atom is -0.507 e. The highest BCUT2D eigenvalue weighted by Gasteiger charge is 2.01. The van der Waals surface area contributed by atoms with E-state index < -0.39 is 0 Å². The fraction of sp³-hybridized carbons (Fsp3) is 0.182. The molecule has 1 aromatic heterocycles. The number of phenolic OH excluding ortho intramolecular Hbond substituents is 1. The fourth-order valence-corrected chi connectivity index (χ4v) is 1.16. The maximum atomic E-state index is 9.48. The van der Waals surface area contributed by atoms with Crippen LogP contribution in [0.5, 0.6) is 5.75 Å². The number of aromatic nitrogens is 2. The summed E-state index contributed by atoms with van der Waals surface area (Å²) in [6.45, 7) is 1.92. The van der Waals surface area contributed by atoms with Gasteiger partial charge in [-0.2, -0.15) is 0 Å². The van der Waals surface area contributed by atoms with Crippen LogP contribution in [0.4, 0.5) is 6.01 Å². The summed E-state index contributed by atoms with van der Waals surface area (Å²) in [5.74, 6) is 0.714. The molecule has 2 rings (SSSR count). The van der Waals surface area contributed by atoms with Gasteiger partial charge in [-0.05, 0) is 12.1 Å². The van der Waals surface area contributed by atoms with Crippen molar-refractivity contribution in [2.75, 3.05) is 0 Å². The van der Waals surface area contributed by atoms with Gasteiger partial charge in [0.25, 0.3) is 0 Å². The van der Waals surface area contributed by atoms with Crippen LogP contribution >= 0.6 is 0 Å². The molecule has 0 radical (unpaired) electrons. The van der Waals surface area contributed by atoms with Gasteiger partial charge in [0.2, 0.25) is 5.89 Å². The summed E-state index contributed by atoms with van der Waals surface area (Å²) < 4.78 is 5.19. The molecule has 0 atom stereocenters. The van der Waals surface area contributed by atoms with E-state index in [1.807, 2.05) is 13.0 Å². The highest BCUT2D eigenvalue weighted by molar-refractivity contribution is 5.84. The normalized spacial score (nSPS) is 11.1. The number of aromatic hydroxyl groups is 1. The Bertz CT molecular complexity index is 505. The Labute approximate surface area is 92.5 Å². The second-order valence-electron chi connectivity index (χ2n) is 3.15. The SMILES string of the molecule is CCc1nnc(N=Cc2ccccc2O)o1. The summed E-state index contributed by atoms with van der Waals surface area (Å²) >= 11 is 0. The van der Waals surface area contributed by atoms with E-state index in [0.717, 1.165) is 0 Å². The standard InChI is InChI=1S/C11H11N3O2/c1-2-10-13-14-11(16-10)12-7-8-5-3-4-6-9(8)15/h3-7,15H,2H2,1H3. The van der Waals surface area contributed by atoms with Crippen LogP contribution < -0.4 is 0 Å². The number of aryl methyl sites for hydroxylation is 1. The van der Waals surface area contributed by atoms with Gasteiger partial charge in [-0.3, -0.25) is 0 Å². The van der Waals surface area contributed by atoms with E-state index in [-0.39, 0.29) is 11.8 Å². The molecule has 0 aliphatic carbocycles. The second-order valence-corrected chi connectivity index (χ2v) is 3.15. The van der Waals surface area contributed by atoms with Gasteiger partial charge in [0.15, 0.2) is 0 Å².